The van der Waals surface area contributed by atoms with Crippen molar-refractivity contribution in [3.8, 4) is 27.5 Å². The predicted octanol–water partition coefficient (Wildman–Crippen LogP) is 6.31. The topological polar surface area (TPSA) is 76.0 Å². The number of aromatic nitrogens is 2. The first-order valence-corrected chi connectivity index (χ1v) is 15.3. The summed E-state index contributed by atoms with van der Waals surface area (Å²) in [7, 11) is 1.64. The Morgan fingerprint density at radius 3 is 2.40 bits per heavy atom. The fourth-order valence-electron chi connectivity index (χ4n) is 5.59. The lowest BCUT2D eigenvalue weighted by Crippen LogP contribution is -2.34. The van der Waals surface area contributed by atoms with E-state index >= 15 is 0 Å². The van der Waals surface area contributed by atoms with Gasteiger partial charge in [0, 0.05) is 28.7 Å². The molecule has 0 bridgehead atoms. The van der Waals surface area contributed by atoms with Crippen LogP contribution in [0.15, 0.2) is 58.7 Å². The maximum Gasteiger partial charge on any atom is 0.265 e. The van der Waals surface area contributed by atoms with E-state index in [1.165, 1.54) is 11.3 Å². The first kappa shape index (κ1) is 28.3. The van der Waals surface area contributed by atoms with Crippen LogP contribution in [0.5, 0.6) is 0 Å². The van der Waals surface area contributed by atoms with Crippen LogP contribution in [0.25, 0.3) is 27.5 Å². The van der Waals surface area contributed by atoms with Gasteiger partial charge in [-0.25, -0.2) is 4.98 Å². The first-order valence-electron chi connectivity index (χ1n) is 14.0. The van der Waals surface area contributed by atoms with Gasteiger partial charge in [-0.05, 0) is 80.4 Å². The van der Waals surface area contributed by atoms with E-state index in [1.807, 2.05) is 34.2 Å². The largest absolute Gasteiger partial charge is 0.355 e. The second-order valence-electron chi connectivity index (χ2n) is 10.2. The summed E-state index contributed by atoms with van der Waals surface area (Å²) in [5.41, 5.74) is 6.40. The van der Waals surface area contributed by atoms with Crippen molar-refractivity contribution in [3.05, 3.63) is 91.7 Å². The number of benzene rings is 2. The number of amides is 1. The molecule has 4 aromatic rings. The van der Waals surface area contributed by atoms with E-state index in [0.717, 1.165) is 72.5 Å². The maximum atomic E-state index is 14.6. The van der Waals surface area contributed by atoms with E-state index < -0.39 is 0 Å². The van der Waals surface area contributed by atoms with Gasteiger partial charge in [0.1, 0.15) is 5.01 Å². The third-order valence-corrected chi connectivity index (χ3v) is 8.91. The summed E-state index contributed by atoms with van der Waals surface area (Å²) in [6.07, 6.45) is 4.24. The first-order chi connectivity index (χ1) is 19.4. The summed E-state index contributed by atoms with van der Waals surface area (Å²) < 4.78 is 1.85. The molecule has 0 unspecified atom stereocenters. The Bertz CT molecular complexity index is 1550. The molecule has 208 valence electrons. The molecule has 1 saturated heterocycles. The fourth-order valence-corrected chi connectivity index (χ4v) is 6.55. The van der Waals surface area contributed by atoms with Gasteiger partial charge in [0.05, 0.1) is 22.5 Å². The second kappa shape index (κ2) is 12.5. The van der Waals surface area contributed by atoms with Crippen LogP contribution < -0.4 is 16.2 Å². The van der Waals surface area contributed by atoms with Crippen LogP contribution in [-0.2, 0) is 19.3 Å². The number of carbonyl (C=O) groups is 1. The highest BCUT2D eigenvalue weighted by molar-refractivity contribution is 7.13. The summed E-state index contributed by atoms with van der Waals surface area (Å²) in [6.45, 7) is 6.11. The molecule has 1 aliphatic rings. The van der Waals surface area contributed by atoms with Crippen LogP contribution in [0, 0.1) is 5.92 Å². The highest BCUT2D eigenvalue weighted by Gasteiger charge is 2.27. The molecule has 0 saturated carbocycles. The molecule has 6 nitrogen and oxygen atoms in total. The van der Waals surface area contributed by atoms with Crippen LogP contribution in [0.1, 0.15) is 53.9 Å². The lowest BCUT2D eigenvalue weighted by molar-refractivity contribution is 0.0961. The normalized spacial score (nSPS) is 13.9. The molecule has 2 N–H and O–H groups in total. The van der Waals surface area contributed by atoms with Gasteiger partial charge in [0.2, 0.25) is 0 Å². The van der Waals surface area contributed by atoms with Crippen molar-refractivity contribution in [2.24, 2.45) is 5.92 Å². The molecule has 2 aromatic carbocycles. The number of aryl methyl sites for hydroxylation is 2. The number of hydrogen-bond donors (Lipinski definition) is 2. The zero-order chi connectivity index (χ0) is 28.2. The number of nitrogens with one attached hydrogen (secondary N) is 2. The van der Waals surface area contributed by atoms with E-state index in [0.29, 0.717) is 33.5 Å². The van der Waals surface area contributed by atoms with Crippen LogP contribution in [0.3, 0.4) is 0 Å². The monoisotopic (exact) mass is 574 g/mol. The van der Waals surface area contributed by atoms with Gasteiger partial charge in [-0.3, -0.25) is 14.2 Å². The number of nitrogens with zero attached hydrogens (tertiary/aromatic N) is 2. The van der Waals surface area contributed by atoms with Gasteiger partial charge in [0.15, 0.2) is 0 Å². The minimum Gasteiger partial charge on any atom is -0.355 e. The Kier molecular flexibility index (Phi) is 8.84. The van der Waals surface area contributed by atoms with Crippen molar-refractivity contribution in [1.82, 2.24) is 20.2 Å². The summed E-state index contributed by atoms with van der Waals surface area (Å²) in [5, 5.41) is 9.46. The summed E-state index contributed by atoms with van der Waals surface area (Å²) in [6, 6.07) is 15.5. The molecule has 5 rings (SSSR count). The van der Waals surface area contributed by atoms with Crippen LogP contribution in [0.4, 0.5) is 0 Å². The molecule has 0 spiro atoms. The minimum absolute atomic E-state index is 0.135. The lowest BCUT2D eigenvalue weighted by Gasteiger charge is -2.27. The maximum absolute atomic E-state index is 14.6. The molecule has 2 aromatic heterocycles. The number of carbonyl (C=O) groups excluding carboxylic acids is 1. The third kappa shape index (κ3) is 5.64. The Morgan fingerprint density at radius 2 is 1.77 bits per heavy atom. The average Bonchev–Trinajstić information content (AvgIpc) is 3.47. The van der Waals surface area contributed by atoms with Crippen LogP contribution >= 0.6 is 22.9 Å². The number of rotatable bonds is 8. The summed E-state index contributed by atoms with van der Waals surface area (Å²) in [5.74, 6) is 0.192. The van der Waals surface area contributed by atoms with Gasteiger partial charge < -0.3 is 10.6 Å². The zero-order valence-electron chi connectivity index (χ0n) is 23.2. The minimum atomic E-state index is -0.194. The highest BCUT2D eigenvalue weighted by atomic mass is 35.5. The Hall–Kier alpha value is -3.26. The van der Waals surface area contributed by atoms with Crippen molar-refractivity contribution in [2.45, 2.75) is 46.0 Å². The molecular weight excluding hydrogens is 540 g/mol. The van der Waals surface area contributed by atoms with Crippen molar-refractivity contribution >= 4 is 28.8 Å². The smallest absolute Gasteiger partial charge is 0.265 e. The van der Waals surface area contributed by atoms with Crippen molar-refractivity contribution in [3.63, 3.8) is 0 Å². The van der Waals surface area contributed by atoms with Crippen LogP contribution in [-0.4, -0.2) is 35.6 Å². The summed E-state index contributed by atoms with van der Waals surface area (Å²) in [4.78, 5) is 32.9. The Morgan fingerprint density at radius 1 is 1.10 bits per heavy atom. The van der Waals surface area contributed by atoms with E-state index in [1.54, 1.807) is 13.1 Å². The van der Waals surface area contributed by atoms with E-state index in [-0.39, 0.29) is 11.5 Å². The van der Waals surface area contributed by atoms with Gasteiger partial charge in [-0.1, -0.05) is 55.8 Å². The highest BCUT2D eigenvalue weighted by Crippen LogP contribution is 2.32. The number of piperidine rings is 1. The predicted molar refractivity (Wildman–Crippen MR) is 165 cm³/mol. The van der Waals surface area contributed by atoms with Crippen molar-refractivity contribution in [2.75, 3.05) is 20.1 Å². The molecule has 0 radical (unpaired) electrons. The van der Waals surface area contributed by atoms with Gasteiger partial charge >= 0.3 is 0 Å². The van der Waals surface area contributed by atoms with Crippen molar-refractivity contribution in [1.29, 1.82) is 0 Å². The van der Waals surface area contributed by atoms with Crippen LogP contribution in [0.2, 0.25) is 5.02 Å². The molecule has 1 aliphatic heterocycles. The van der Waals surface area contributed by atoms with E-state index in [4.69, 9.17) is 16.6 Å². The zero-order valence-corrected chi connectivity index (χ0v) is 24.8. The third-order valence-electron chi connectivity index (χ3n) is 7.78. The number of halogens is 1. The average molecular weight is 575 g/mol. The SMILES string of the molecule is CCc1cccc(CC)c1-n1c(CC2CCNCC2)c(C(=O)NC)cc(-c2nc(-c3ccc(Cl)cc3)cs2)c1=O. The summed E-state index contributed by atoms with van der Waals surface area (Å²) >= 11 is 7.50. The Balaban J connectivity index is 1.77. The number of pyridine rings is 1. The Labute approximate surface area is 244 Å². The lowest BCUT2D eigenvalue weighted by atomic mass is 9.90. The van der Waals surface area contributed by atoms with E-state index in [9.17, 15) is 9.59 Å². The fraction of sp³-hybridized carbons (Fsp3) is 0.344. The molecule has 0 aliphatic carbocycles. The molecule has 3 heterocycles. The molecule has 0 atom stereocenters. The quantitative estimate of drug-likeness (QED) is 0.259. The van der Waals surface area contributed by atoms with E-state index in [2.05, 4.69) is 42.7 Å². The van der Waals surface area contributed by atoms with Gasteiger partial charge in [-0.15, -0.1) is 11.3 Å². The molecular formula is C32H35ClN4O2S. The molecule has 40 heavy (non-hydrogen) atoms. The van der Waals surface area contributed by atoms with Gasteiger partial charge in [-0.2, -0.15) is 0 Å². The number of thiazole rings is 1. The standard InChI is InChI=1S/C32H35ClN4O2S/c1-4-21-7-6-8-22(5-2)29(21)37-28(17-20-13-15-35-16-14-20)25(30(38)34-3)18-26(32(37)39)31-36-27(19-40-31)23-9-11-24(33)12-10-23/h6-12,18-20,35H,4-5,13-17H2,1-3H3,(H,34,38). The second-order valence-corrected chi connectivity index (χ2v) is 11.5. The van der Waals surface area contributed by atoms with Crippen molar-refractivity contribution < 1.29 is 4.79 Å². The number of hydrogen-bond acceptors (Lipinski definition) is 5. The molecule has 1 fully saturated rings. The number of para-hydroxylation sites is 1. The van der Waals surface area contributed by atoms with Gasteiger partial charge in [0.25, 0.3) is 11.5 Å². The molecule has 1 amide bonds. The molecule has 8 heteroatoms.